The van der Waals surface area contributed by atoms with Crippen LogP contribution >= 0.6 is 11.3 Å². The zero-order chi connectivity index (χ0) is 20.6. The Morgan fingerprint density at radius 1 is 1.21 bits per heavy atom. The maximum atomic E-state index is 12.8. The number of nitrogens with zero attached hydrogens (tertiary/aromatic N) is 3. The lowest BCUT2D eigenvalue weighted by Crippen LogP contribution is -2.50. The quantitative estimate of drug-likeness (QED) is 0.770. The zero-order valence-electron chi connectivity index (χ0n) is 15.8. The fourth-order valence-corrected chi connectivity index (χ4v) is 5.23. The van der Waals surface area contributed by atoms with E-state index in [2.05, 4.69) is 4.98 Å². The zero-order valence-corrected chi connectivity index (χ0v) is 17.5. The molecule has 0 bridgehead atoms. The summed E-state index contributed by atoms with van der Waals surface area (Å²) >= 11 is 1.39. The molecule has 3 heterocycles. The Morgan fingerprint density at radius 2 is 1.86 bits per heavy atom. The second-order valence-electron chi connectivity index (χ2n) is 6.80. The maximum absolute atomic E-state index is 12.8. The van der Waals surface area contributed by atoms with E-state index in [-0.39, 0.29) is 48.9 Å². The molecule has 0 unspecified atom stereocenters. The molecule has 0 saturated carbocycles. The minimum Gasteiger partial charge on any atom is -0.438 e. The van der Waals surface area contributed by atoms with Gasteiger partial charge in [-0.15, -0.1) is 11.3 Å². The normalized spacial score (nSPS) is 15.9. The standard InChI is InChI=1S/C17H22N4O5S2/c1-10(2)16-19-11(3)14(27-16)17(23)20-6-8-21(9-7-20)28(24,25)13-5-4-12(26-13)15(18)22/h4-5,10H,6-9H2,1-3H3,(H2,18,22). The minimum absolute atomic E-state index is 0.132. The molecule has 1 aliphatic heterocycles. The number of primary amides is 1. The average molecular weight is 427 g/mol. The number of rotatable bonds is 5. The molecule has 2 amide bonds. The highest BCUT2D eigenvalue weighted by Crippen LogP contribution is 2.27. The third-order valence-electron chi connectivity index (χ3n) is 4.45. The van der Waals surface area contributed by atoms with Gasteiger partial charge in [-0.25, -0.2) is 13.4 Å². The van der Waals surface area contributed by atoms with Gasteiger partial charge in [-0.05, 0) is 19.1 Å². The van der Waals surface area contributed by atoms with Crippen LogP contribution in [0.1, 0.15) is 50.7 Å². The van der Waals surface area contributed by atoms with Gasteiger partial charge in [-0.3, -0.25) is 9.59 Å². The van der Waals surface area contributed by atoms with Crippen molar-refractivity contribution in [1.29, 1.82) is 0 Å². The molecule has 0 atom stereocenters. The fraction of sp³-hybridized carbons (Fsp3) is 0.471. The summed E-state index contributed by atoms with van der Waals surface area (Å²) in [5, 5.41) is 0.575. The highest BCUT2D eigenvalue weighted by atomic mass is 32.2. The van der Waals surface area contributed by atoms with Crippen LogP contribution in [0.5, 0.6) is 0 Å². The molecule has 1 saturated heterocycles. The Balaban J connectivity index is 1.70. The number of hydrogen-bond acceptors (Lipinski definition) is 7. The van der Waals surface area contributed by atoms with Crippen LogP contribution in [-0.2, 0) is 10.0 Å². The number of thiazole rings is 1. The second kappa shape index (κ2) is 7.64. The smallest absolute Gasteiger partial charge is 0.284 e. The number of carbonyl (C=O) groups excluding carboxylic acids is 2. The molecule has 2 aromatic heterocycles. The van der Waals surface area contributed by atoms with Crippen molar-refractivity contribution in [3.8, 4) is 0 Å². The molecule has 2 aromatic rings. The Labute approximate surface area is 167 Å². The highest BCUT2D eigenvalue weighted by Gasteiger charge is 2.33. The molecule has 9 nitrogen and oxygen atoms in total. The first-order chi connectivity index (χ1) is 13.1. The van der Waals surface area contributed by atoms with Gasteiger partial charge in [0, 0.05) is 32.1 Å². The topological polar surface area (TPSA) is 127 Å². The number of furan rings is 1. The van der Waals surface area contributed by atoms with Crippen LogP contribution in [0.3, 0.4) is 0 Å². The van der Waals surface area contributed by atoms with Crippen molar-refractivity contribution in [3.63, 3.8) is 0 Å². The number of amides is 2. The Bertz CT molecular complexity index is 1000. The van der Waals surface area contributed by atoms with Gasteiger partial charge in [0.2, 0.25) is 5.09 Å². The summed E-state index contributed by atoms with van der Waals surface area (Å²) in [6.07, 6.45) is 0. The van der Waals surface area contributed by atoms with Gasteiger partial charge >= 0.3 is 0 Å². The molecule has 1 aliphatic rings. The van der Waals surface area contributed by atoms with E-state index in [1.165, 1.54) is 27.8 Å². The van der Waals surface area contributed by atoms with Gasteiger partial charge in [0.25, 0.3) is 21.8 Å². The van der Waals surface area contributed by atoms with Crippen molar-refractivity contribution in [3.05, 3.63) is 33.5 Å². The Morgan fingerprint density at radius 3 is 2.36 bits per heavy atom. The van der Waals surface area contributed by atoms with Crippen molar-refractivity contribution < 1.29 is 22.4 Å². The number of aromatic nitrogens is 1. The van der Waals surface area contributed by atoms with Crippen molar-refractivity contribution in [1.82, 2.24) is 14.2 Å². The first kappa shape index (κ1) is 20.5. The van der Waals surface area contributed by atoms with Gasteiger partial charge in [0.1, 0.15) is 4.88 Å². The van der Waals surface area contributed by atoms with Gasteiger partial charge in [0.05, 0.1) is 10.7 Å². The van der Waals surface area contributed by atoms with E-state index in [0.29, 0.717) is 10.6 Å². The molecule has 3 rings (SSSR count). The summed E-state index contributed by atoms with van der Waals surface area (Å²) in [5.41, 5.74) is 5.80. The van der Waals surface area contributed by atoms with Crippen molar-refractivity contribution >= 4 is 33.2 Å². The van der Waals surface area contributed by atoms with Gasteiger partial charge in [0.15, 0.2) is 5.76 Å². The van der Waals surface area contributed by atoms with Crippen molar-refractivity contribution in [2.24, 2.45) is 5.73 Å². The number of carbonyl (C=O) groups is 2. The first-order valence-corrected chi connectivity index (χ1v) is 11.0. The van der Waals surface area contributed by atoms with Gasteiger partial charge < -0.3 is 15.1 Å². The molecule has 0 aliphatic carbocycles. The number of nitrogens with two attached hydrogens (primary N) is 1. The highest BCUT2D eigenvalue weighted by molar-refractivity contribution is 7.89. The van der Waals surface area contributed by atoms with Crippen LogP contribution < -0.4 is 5.73 Å². The molecule has 11 heteroatoms. The summed E-state index contributed by atoms with van der Waals surface area (Å²) in [7, 11) is -3.89. The summed E-state index contributed by atoms with van der Waals surface area (Å²) < 4.78 is 31.6. The summed E-state index contributed by atoms with van der Waals surface area (Å²) in [6, 6.07) is 2.44. The molecular formula is C17H22N4O5S2. The van der Waals surface area contributed by atoms with E-state index in [0.717, 1.165) is 5.01 Å². The molecule has 2 N–H and O–H groups in total. The lowest BCUT2D eigenvalue weighted by atomic mass is 10.2. The monoisotopic (exact) mass is 426 g/mol. The van der Waals surface area contributed by atoms with E-state index in [4.69, 9.17) is 10.2 Å². The predicted octanol–water partition coefficient (Wildman–Crippen LogP) is 1.41. The van der Waals surface area contributed by atoms with E-state index >= 15 is 0 Å². The lowest BCUT2D eigenvalue weighted by Gasteiger charge is -2.33. The molecule has 28 heavy (non-hydrogen) atoms. The molecule has 0 radical (unpaired) electrons. The summed E-state index contributed by atoms with van der Waals surface area (Å²) in [5.74, 6) is -0.939. The van der Waals surface area contributed by atoms with Crippen LogP contribution in [0.2, 0.25) is 0 Å². The maximum Gasteiger partial charge on any atom is 0.284 e. The van der Waals surface area contributed by atoms with Crippen molar-refractivity contribution in [2.45, 2.75) is 31.8 Å². The van der Waals surface area contributed by atoms with Crippen LogP contribution in [0.4, 0.5) is 0 Å². The Kier molecular flexibility index (Phi) is 5.60. The Hall–Kier alpha value is -2.24. The first-order valence-electron chi connectivity index (χ1n) is 8.77. The molecular weight excluding hydrogens is 404 g/mol. The lowest BCUT2D eigenvalue weighted by molar-refractivity contribution is 0.0700. The van der Waals surface area contributed by atoms with Gasteiger partial charge in [-0.2, -0.15) is 4.31 Å². The minimum atomic E-state index is -3.89. The average Bonchev–Trinajstić information content (AvgIpc) is 3.29. The van der Waals surface area contributed by atoms with E-state index < -0.39 is 15.9 Å². The van der Waals surface area contributed by atoms with Crippen LogP contribution in [0.25, 0.3) is 0 Å². The second-order valence-corrected chi connectivity index (χ2v) is 9.70. The molecule has 0 aromatic carbocycles. The number of hydrogen-bond donors (Lipinski definition) is 1. The van der Waals surface area contributed by atoms with Crippen LogP contribution in [0.15, 0.2) is 21.6 Å². The third-order valence-corrected chi connectivity index (χ3v) is 7.66. The summed E-state index contributed by atoms with van der Waals surface area (Å²) in [4.78, 5) is 30.6. The fourth-order valence-electron chi connectivity index (χ4n) is 2.86. The van der Waals surface area contributed by atoms with Gasteiger partial charge in [-0.1, -0.05) is 13.8 Å². The summed E-state index contributed by atoms with van der Waals surface area (Å²) in [6.45, 7) is 6.64. The number of aryl methyl sites for hydroxylation is 1. The molecule has 152 valence electrons. The predicted molar refractivity (Wildman–Crippen MR) is 103 cm³/mol. The SMILES string of the molecule is Cc1nc(C(C)C)sc1C(=O)N1CCN(S(=O)(=O)c2ccc(C(N)=O)o2)CC1. The van der Waals surface area contributed by atoms with Crippen molar-refractivity contribution in [2.75, 3.05) is 26.2 Å². The molecule has 1 fully saturated rings. The number of sulfonamides is 1. The van der Waals surface area contributed by atoms with Crippen LogP contribution in [-0.4, -0.2) is 60.6 Å². The van der Waals surface area contributed by atoms with E-state index in [1.54, 1.807) is 4.90 Å². The van der Waals surface area contributed by atoms with E-state index in [9.17, 15) is 18.0 Å². The third kappa shape index (κ3) is 3.82. The number of piperazine rings is 1. The molecule has 0 spiro atoms. The van der Waals surface area contributed by atoms with E-state index in [1.807, 2.05) is 20.8 Å². The van der Waals surface area contributed by atoms with Crippen LogP contribution in [0, 0.1) is 6.92 Å². The largest absolute Gasteiger partial charge is 0.438 e.